The lowest BCUT2D eigenvalue weighted by atomic mass is 10.1. The fourth-order valence-corrected chi connectivity index (χ4v) is 3.83. The van der Waals surface area contributed by atoms with Gasteiger partial charge in [-0.3, -0.25) is 0 Å². The van der Waals surface area contributed by atoms with Crippen molar-refractivity contribution in [2.24, 2.45) is 0 Å². The van der Waals surface area contributed by atoms with Gasteiger partial charge in [0, 0.05) is 26.1 Å². The molecule has 2 heterocycles. The molecule has 0 bridgehead atoms. The second kappa shape index (κ2) is 11.1. The molecule has 6 nitrogen and oxygen atoms in total. The Kier molecular flexibility index (Phi) is 8.55. The number of ether oxygens (including phenoxy) is 4. The zero-order valence-corrected chi connectivity index (χ0v) is 19.0. The average Bonchev–Trinajstić information content (AvgIpc) is 2.73. The van der Waals surface area contributed by atoms with E-state index in [1.54, 1.807) is 17.0 Å². The van der Waals surface area contributed by atoms with Gasteiger partial charge in [0.05, 0.1) is 12.7 Å². The molecule has 1 unspecified atom stereocenters. The van der Waals surface area contributed by atoms with E-state index in [1.807, 2.05) is 26.8 Å². The number of likely N-dealkylation sites (tertiary alicyclic amines) is 1. The van der Waals surface area contributed by atoms with Gasteiger partial charge in [0.25, 0.3) is 0 Å². The monoisotopic (exact) mass is 437 g/mol. The van der Waals surface area contributed by atoms with Gasteiger partial charge in [-0.2, -0.15) is 0 Å². The second-order valence-electron chi connectivity index (χ2n) is 9.28. The molecule has 1 aromatic carbocycles. The van der Waals surface area contributed by atoms with Crippen molar-refractivity contribution in [3.63, 3.8) is 0 Å². The van der Waals surface area contributed by atoms with Gasteiger partial charge in [0.2, 0.25) is 0 Å². The maximum Gasteiger partial charge on any atom is 0.410 e. The molecule has 1 aromatic rings. The molecular formula is C24H36FNO5. The first kappa shape index (κ1) is 23.8. The van der Waals surface area contributed by atoms with E-state index in [4.69, 9.17) is 18.9 Å². The Morgan fingerprint density at radius 2 is 1.97 bits per heavy atom. The van der Waals surface area contributed by atoms with Crippen LogP contribution in [0.2, 0.25) is 0 Å². The van der Waals surface area contributed by atoms with Crippen LogP contribution < -0.4 is 4.74 Å². The summed E-state index contributed by atoms with van der Waals surface area (Å²) in [5.41, 5.74) is 0.155. The van der Waals surface area contributed by atoms with E-state index >= 15 is 0 Å². The minimum atomic E-state index is -0.481. The van der Waals surface area contributed by atoms with E-state index in [2.05, 4.69) is 0 Å². The van der Waals surface area contributed by atoms with Crippen LogP contribution in [-0.4, -0.2) is 55.3 Å². The maximum absolute atomic E-state index is 14.8. The molecule has 2 aliphatic heterocycles. The highest BCUT2D eigenvalue weighted by Crippen LogP contribution is 2.25. The molecule has 3 rings (SSSR count). The number of carbonyl (C=O) groups excluding carboxylic acids is 1. The van der Waals surface area contributed by atoms with Gasteiger partial charge in [0.1, 0.15) is 5.60 Å². The summed E-state index contributed by atoms with van der Waals surface area (Å²) < 4.78 is 37.4. The maximum atomic E-state index is 14.8. The summed E-state index contributed by atoms with van der Waals surface area (Å²) in [7, 11) is 0. The van der Waals surface area contributed by atoms with E-state index in [0.717, 1.165) is 38.5 Å². The summed E-state index contributed by atoms with van der Waals surface area (Å²) >= 11 is 0. The summed E-state index contributed by atoms with van der Waals surface area (Å²) in [5, 5.41) is 0. The summed E-state index contributed by atoms with van der Waals surface area (Å²) in [6, 6.07) is 5.28. The highest BCUT2D eigenvalue weighted by Gasteiger charge is 2.27. The van der Waals surface area contributed by atoms with E-state index in [1.165, 1.54) is 0 Å². The van der Waals surface area contributed by atoms with Gasteiger partial charge in [-0.25, -0.2) is 9.18 Å². The van der Waals surface area contributed by atoms with Crippen LogP contribution in [0.25, 0.3) is 0 Å². The number of amides is 1. The zero-order chi connectivity index (χ0) is 22.3. The van der Waals surface area contributed by atoms with Gasteiger partial charge in [-0.15, -0.1) is 0 Å². The smallest absolute Gasteiger partial charge is 0.410 e. The van der Waals surface area contributed by atoms with Crippen LogP contribution in [0.3, 0.4) is 0 Å². The molecule has 0 spiro atoms. The van der Waals surface area contributed by atoms with Crippen molar-refractivity contribution in [3.8, 4) is 5.75 Å². The minimum Gasteiger partial charge on any atom is -0.462 e. The fourth-order valence-electron chi connectivity index (χ4n) is 3.83. The Bertz CT molecular complexity index is 706. The predicted octanol–water partition coefficient (Wildman–Crippen LogP) is 5.08. The van der Waals surface area contributed by atoms with E-state index in [-0.39, 0.29) is 30.1 Å². The molecule has 1 atom stereocenters. The van der Waals surface area contributed by atoms with Gasteiger partial charge >= 0.3 is 6.09 Å². The largest absolute Gasteiger partial charge is 0.462 e. The lowest BCUT2D eigenvalue weighted by Crippen LogP contribution is -2.43. The Balaban J connectivity index is 1.36. The highest BCUT2D eigenvalue weighted by molar-refractivity contribution is 5.68. The van der Waals surface area contributed by atoms with Gasteiger partial charge in [-0.1, -0.05) is 12.1 Å². The average molecular weight is 438 g/mol. The molecule has 2 fully saturated rings. The Morgan fingerprint density at radius 3 is 2.65 bits per heavy atom. The molecule has 31 heavy (non-hydrogen) atoms. The third-order valence-electron chi connectivity index (χ3n) is 5.48. The second-order valence-corrected chi connectivity index (χ2v) is 9.28. The number of aryl methyl sites for hydroxylation is 1. The van der Waals surface area contributed by atoms with E-state index in [9.17, 15) is 9.18 Å². The molecule has 0 saturated carbocycles. The first-order chi connectivity index (χ1) is 14.8. The normalized spacial score (nSPS) is 20.5. The fraction of sp³-hybridized carbons (Fsp3) is 0.708. The zero-order valence-electron chi connectivity index (χ0n) is 19.0. The topological polar surface area (TPSA) is 57.2 Å². The van der Waals surface area contributed by atoms with Crippen LogP contribution in [0.4, 0.5) is 9.18 Å². The number of piperidine rings is 1. The van der Waals surface area contributed by atoms with Crippen molar-refractivity contribution in [3.05, 3.63) is 29.6 Å². The van der Waals surface area contributed by atoms with Crippen LogP contribution in [0.15, 0.2) is 18.2 Å². The number of nitrogens with zero attached hydrogens (tertiary/aromatic N) is 1. The lowest BCUT2D eigenvalue weighted by molar-refractivity contribution is -0.107. The van der Waals surface area contributed by atoms with Crippen molar-refractivity contribution >= 4 is 6.09 Å². The van der Waals surface area contributed by atoms with Crippen molar-refractivity contribution in [2.45, 2.75) is 83.7 Å². The summed E-state index contributed by atoms with van der Waals surface area (Å²) in [6.45, 7) is 8.11. The van der Waals surface area contributed by atoms with E-state index < -0.39 is 5.60 Å². The van der Waals surface area contributed by atoms with Crippen molar-refractivity contribution < 1.29 is 28.1 Å². The molecule has 174 valence electrons. The van der Waals surface area contributed by atoms with Crippen LogP contribution in [0.5, 0.6) is 5.75 Å². The predicted molar refractivity (Wildman–Crippen MR) is 116 cm³/mol. The number of carbonyl (C=O) groups is 1. The van der Waals surface area contributed by atoms with Gasteiger partial charge < -0.3 is 23.8 Å². The minimum absolute atomic E-state index is 0.127. The molecule has 0 N–H and O–H groups in total. The number of halogens is 1. The third-order valence-corrected chi connectivity index (χ3v) is 5.48. The Labute approximate surface area is 185 Å². The van der Waals surface area contributed by atoms with Crippen molar-refractivity contribution in [1.82, 2.24) is 4.90 Å². The quantitative estimate of drug-likeness (QED) is 0.557. The standard InChI is InChI=1S/C24H36FNO5/c1-24(2,3)31-23(27)26-14-12-19(13-15-26)28-17-7-9-18-8-6-10-20(22(18)25)30-21-11-4-5-16-29-21/h6,8,10,19,21H,4-5,7,9,11-17H2,1-3H3. The van der Waals surface area contributed by atoms with Crippen LogP contribution in [0.1, 0.15) is 64.9 Å². The summed E-state index contributed by atoms with van der Waals surface area (Å²) in [5.74, 6) is -0.0397. The Morgan fingerprint density at radius 1 is 1.19 bits per heavy atom. The lowest BCUT2D eigenvalue weighted by Gasteiger charge is -2.33. The molecule has 0 radical (unpaired) electrons. The number of benzene rings is 1. The number of hydrogen-bond acceptors (Lipinski definition) is 5. The molecule has 0 aromatic heterocycles. The van der Waals surface area contributed by atoms with E-state index in [0.29, 0.717) is 38.3 Å². The van der Waals surface area contributed by atoms with Crippen LogP contribution in [0, 0.1) is 5.82 Å². The van der Waals surface area contributed by atoms with Gasteiger partial charge in [0.15, 0.2) is 17.9 Å². The van der Waals surface area contributed by atoms with Crippen LogP contribution in [-0.2, 0) is 20.6 Å². The summed E-state index contributed by atoms with van der Waals surface area (Å²) in [4.78, 5) is 13.9. The molecule has 1 amide bonds. The number of hydrogen-bond donors (Lipinski definition) is 0. The summed E-state index contributed by atoms with van der Waals surface area (Å²) in [6.07, 6.45) is 5.28. The van der Waals surface area contributed by atoms with Crippen LogP contribution >= 0.6 is 0 Å². The molecule has 2 aliphatic rings. The third kappa shape index (κ3) is 7.65. The van der Waals surface area contributed by atoms with Crippen molar-refractivity contribution in [1.29, 1.82) is 0 Å². The molecule has 7 heteroatoms. The SMILES string of the molecule is CC(C)(C)OC(=O)N1CCC(OCCCc2cccc(OC3CCCCO3)c2F)CC1. The van der Waals surface area contributed by atoms with Crippen molar-refractivity contribution in [2.75, 3.05) is 26.3 Å². The molecular weight excluding hydrogens is 401 g/mol. The first-order valence-electron chi connectivity index (χ1n) is 11.5. The molecule has 0 aliphatic carbocycles. The number of rotatable bonds is 7. The highest BCUT2D eigenvalue weighted by atomic mass is 19.1. The van der Waals surface area contributed by atoms with Gasteiger partial charge in [-0.05, 0) is 70.9 Å². The Hall–Kier alpha value is -1.86. The first-order valence-corrected chi connectivity index (χ1v) is 11.5. The molecule has 2 saturated heterocycles.